The summed E-state index contributed by atoms with van der Waals surface area (Å²) in [5.74, 6) is 1.24. The van der Waals surface area contributed by atoms with Crippen LogP contribution < -0.4 is 5.32 Å². The zero-order valence-corrected chi connectivity index (χ0v) is 20.0. The number of carbonyl (C=O) groups is 1. The molecule has 174 valence electrons. The van der Waals surface area contributed by atoms with Crippen LogP contribution in [0.5, 0.6) is 0 Å². The number of carbonyl (C=O) groups excluding carboxylic acids is 1. The summed E-state index contributed by atoms with van der Waals surface area (Å²) in [6.45, 7) is 2.86. The zero-order chi connectivity index (χ0) is 23.3. The van der Waals surface area contributed by atoms with Gasteiger partial charge in [0.25, 0.3) is 5.91 Å². The van der Waals surface area contributed by atoms with Gasteiger partial charge in [-0.3, -0.25) is 4.79 Å². The monoisotopic (exact) mass is 486 g/mol. The number of hydrogen-bond donors (Lipinski definition) is 1. The molecule has 0 bridgehead atoms. The Labute approximate surface area is 197 Å². The summed E-state index contributed by atoms with van der Waals surface area (Å²) in [5, 5.41) is 6.63. The maximum Gasteiger partial charge on any atom is 0.256 e. The van der Waals surface area contributed by atoms with Gasteiger partial charge in [-0.1, -0.05) is 30.1 Å². The molecular formula is C23H26N4O4S2. The summed E-state index contributed by atoms with van der Waals surface area (Å²) in [6, 6.07) is 13.6. The van der Waals surface area contributed by atoms with E-state index in [4.69, 9.17) is 4.52 Å². The van der Waals surface area contributed by atoms with E-state index in [1.165, 1.54) is 11.8 Å². The van der Waals surface area contributed by atoms with E-state index in [9.17, 15) is 13.2 Å². The Balaban J connectivity index is 1.44. The zero-order valence-electron chi connectivity index (χ0n) is 18.4. The number of rotatable bonds is 7. The SMILES string of the molecule is Cc1noc(CSc2ccccc2C(=O)Nc2ccc(S(=O)(=O)N3CCCCCC3)cc2)n1. The standard InChI is InChI=1S/C23H26N4O4S2/c1-17-24-22(31-26-17)16-32-21-9-5-4-8-20(21)23(28)25-18-10-12-19(13-11-18)33(29,30)27-14-6-2-3-7-15-27/h4-5,8-13H,2-3,6-7,14-16H2,1H3,(H,25,28). The van der Waals surface area contributed by atoms with Gasteiger partial charge in [0, 0.05) is 23.7 Å². The molecule has 0 aliphatic carbocycles. The van der Waals surface area contributed by atoms with E-state index in [2.05, 4.69) is 15.5 Å². The van der Waals surface area contributed by atoms with E-state index < -0.39 is 10.0 Å². The summed E-state index contributed by atoms with van der Waals surface area (Å²) in [5.41, 5.74) is 1.04. The lowest BCUT2D eigenvalue weighted by atomic mass is 10.2. The maximum atomic E-state index is 12.9. The van der Waals surface area contributed by atoms with Crippen molar-refractivity contribution in [2.45, 2.75) is 48.2 Å². The summed E-state index contributed by atoms with van der Waals surface area (Å²) < 4.78 is 32.6. The molecule has 0 unspecified atom stereocenters. The molecule has 8 nitrogen and oxygen atoms in total. The average molecular weight is 487 g/mol. The van der Waals surface area contributed by atoms with Crippen molar-refractivity contribution in [3.05, 3.63) is 65.8 Å². The van der Waals surface area contributed by atoms with E-state index in [1.807, 2.05) is 12.1 Å². The number of nitrogens with zero attached hydrogens (tertiary/aromatic N) is 3. The van der Waals surface area contributed by atoms with Crippen LogP contribution in [0, 0.1) is 6.92 Å². The van der Waals surface area contributed by atoms with Crippen LogP contribution in [0.4, 0.5) is 5.69 Å². The predicted octanol–water partition coefficient (Wildman–Crippen LogP) is 4.49. The van der Waals surface area contributed by atoms with Gasteiger partial charge in [-0.2, -0.15) is 9.29 Å². The van der Waals surface area contributed by atoms with Crippen molar-refractivity contribution in [2.75, 3.05) is 18.4 Å². The smallest absolute Gasteiger partial charge is 0.256 e. The van der Waals surface area contributed by atoms with Crippen LogP contribution in [0.15, 0.2) is 62.8 Å². The lowest BCUT2D eigenvalue weighted by Crippen LogP contribution is -2.31. The largest absolute Gasteiger partial charge is 0.338 e. The van der Waals surface area contributed by atoms with Crippen molar-refractivity contribution in [1.29, 1.82) is 0 Å². The Morgan fingerprint density at radius 3 is 2.42 bits per heavy atom. The van der Waals surface area contributed by atoms with Crippen molar-refractivity contribution in [2.24, 2.45) is 0 Å². The van der Waals surface area contributed by atoms with E-state index in [0.29, 0.717) is 41.8 Å². The second-order valence-corrected chi connectivity index (χ2v) is 10.8. The third-order valence-electron chi connectivity index (χ3n) is 5.37. The van der Waals surface area contributed by atoms with Gasteiger partial charge in [-0.05, 0) is 56.2 Å². The fraction of sp³-hybridized carbons (Fsp3) is 0.348. The summed E-state index contributed by atoms with van der Waals surface area (Å²) in [4.78, 5) is 18.1. The van der Waals surface area contributed by atoms with Crippen molar-refractivity contribution >= 4 is 33.4 Å². The summed E-state index contributed by atoms with van der Waals surface area (Å²) >= 11 is 1.43. The Morgan fingerprint density at radius 1 is 1.06 bits per heavy atom. The Morgan fingerprint density at radius 2 is 1.76 bits per heavy atom. The number of anilines is 1. The van der Waals surface area contributed by atoms with Crippen LogP contribution in [0.1, 0.15) is 47.8 Å². The predicted molar refractivity (Wildman–Crippen MR) is 127 cm³/mol. The molecule has 4 rings (SSSR count). The maximum absolute atomic E-state index is 12.9. The highest BCUT2D eigenvalue weighted by Crippen LogP contribution is 2.27. The third kappa shape index (κ3) is 5.82. The van der Waals surface area contributed by atoms with Crippen molar-refractivity contribution < 1.29 is 17.7 Å². The minimum absolute atomic E-state index is 0.244. The molecule has 0 atom stereocenters. The Bertz CT molecular complexity index is 1200. The van der Waals surface area contributed by atoms with Crippen LogP contribution in [-0.4, -0.2) is 41.9 Å². The first-order valence-corrected chi connectivity index (χ1v) is 13.3. The number of amides is 1. The molecule has 1 amide bonds. The lowest BCUT2D eigenvalue weighted by Gasteiger charge is -2.20. The molecule has 2 aromatic carbocycles. The van der Waals surface area contributed by atoms with Crippen molar-refractivity contribution in [3.8, 4) is 0 Å². The van der Waals surface area contributed by atoms with Gasteiger partial charge in [-0.25, -0.2) is 8.42 Å². The van der Waals surface area contributed by atoms with Crippen molar-refractivity contribution in [1.82, 2.24) is 14.4 Å². The van der Waals surface area contributed by atoms with Gasteiger partial charge < -0.3 is 9.84 Å². The van der Waals surface area contributed by atoms with Crippen molar-refractivity contribution in [3.63, 3.8) is 0 Å². The Hall–Kier alpha value is -2.69. The molecular weight excluding hydrogens is 460 g/mol. The molecule has 0 saturated carbocycles. The Kier molecular flexibility index (Phi) is 7.46. The molecule has 1 N–H and O–H groups in total. The number of aromatic nitrogens is 2. The van der Waals surface area contributed by atoms with Gasteiger partial charge in [0.1, 0.15) is 0 Å². The first-order chi connectivity index (χ1) is 15.9. The molecule has 1 saturated heterocycles. The minimum atomic E-state index is -3.52. The fourth-order valence-corrected chi connectivity index (χ4v) is 6.06. The highest BCUT2D eigenvalue weighted by atomic mass is 32.2. The number of benzene rings is 2. The molecule has 10 heteroatoms. The number of nitrogens with one attached hydrogen (secondary N) is 1. The minimum Gasteiger partial charge on any atom is -0.338 e. The second kappa shape index (κ2) is 10.5. The fourth-order valence-electron chi connectivity index (χ4n) is 3.66. The lowest BCUT2D eigenvalue weighted by molar-refractivity contribution is 0.102. The summed E-state index contributed by atoms with van der Waals surface area (Å²) in [7, 11) is -3.52. The van der Waals surface area contributed by atoms with Gasteiger partial charge in [0.15, 0.2) is 5.82 Å². The molecule has 2 heterocycles. The van der Waals surface area contributed by atoms with Crippen LogP contribution in [0.25, 0.3) is 0 Å². The first kappa shape index (κ1) is 23.5. The van der Waals surface area contributed by atoms with Gasteiger partial charge in [0.2, 0.25) is 15.9 Å². The quantitative estimate of drug-likeness (QED) is 0.491. The highest BCUT2D eigenvalue weighted by Gasteiger charge is 2.25. The van der Waals surface area contributed by atoms with Gasteiger partial charge >= 0.3 is 0 Å². The third-order valence-corrected chi connectivity index (χ3v) is 8.34. The number of sulfonamides is 1. The number of aryl methyl sites for hydroxylation is 1. The highest BCUT2D eigenvalue weighted by molar-refractivity contribution is 7.98. The van der Waals surface area contributed by atoms with Crippen LogP contribution in [0.2, 0.25) is 0 Å². The molecule has 3 aromatic rings. The molecule has 0 radical (unpaired) electrons. The van der Waals surface area contributed by atoms with E-state index in [-0.39, 0.29) is 10.8 Å². The van der Waals surface area contributed by atoms with Gasteiger partial charge in [-0.15, -0.1) is 11.8 Å². The molecule has 33 heavy (non-hydrogen) atoms. The van der Waals surface area contributed by atoms with Crippen LogP contribution in [-0.2, 0) is 15.8 Å². The molecule has 1 fully saturated rings. The second-order valence-electron chi connectivity index (χ2n) is 7.82. The average Bonchev–Trinajstić information content (AvgIpc) is 3.05. The van der Waals surface area contributed by atoms with Crippen LogP contribution in [0.3, 0.4) is 0 Å². The van der Waals surface area contributed by atoms with Crippen LogP contribution >= 0.6 is 11.8 Å². The topological polar surface area (TPSA) is 105 Å². The van der Waals surface area contributed by atoms with Gasteiger partial charge in [0.05, 0.1) is 16.2 Å². The molecule has 0 spiro atoms. The number of hydrogen-bond acceptors (Lipinski definition) is 7. The molecule has 1 aliphatic heterocycles. The molecule has 1 aliphatic rings. The number of thioether (sulfide) groups is 1. The van der Waals surface area contributed by atoms with E-state index in [1.54, 1.807) is 47.6 Å². The molecule has 1 aromatic heterocycles. The van der Waals surface area contributed by atoms with E-state index in [0.717, 1.165) is 30.6 Å². The summed E-state index contributed by atoms with van der Waals surface area (Å²) in [6.07, 6.45) is 3.89. The van der Waals surface area contributed by atoms with E-state index >= 15 is 0 Å². The first-order valence-electron chi connectivity index (χ1n) is 10.9. The normalized spacial score (nSPS) is 15.2.